The van der Waals surface area contributed by atoms with Gasteiger partial charge in [-0.1, -0.05) is 40.0 Å². The molecule has 0 aliphatic heterocycles. The van der Waals surface area contributed by atoms with Crippen LogP contribution in [-0.2, 0) is 14.4 Å². The van der Waals surface area contributed by atoms with Crippen molar-refractivity contribution in [3.8, 4) is 0 Å². The molecule has 0 unspecified atom stereocenters. The third kappa shape index (κ3) is 7.69. The van der Waals surface area contributed by atoms with E-state index in [1.54, 1.807) is 13.8 Å². The van der Waals surface area contributed by atoms with E-state index < -0.39 is 22.4 Å². The Morgan fingerprint density at radius 3 is 2.65 bits per heavy atom. The first-order valence-electron chi connectivity index (χ1n) is 6.08. The number of amides is 2. The molecule has 1 heterocycles. The van der Waals surface area contributed by atoms with Crippen molar-refractivity contribution in [3.05, 3.63) is 11.1 Å². The van der Waals surface area contributed by atoms with E-state index >= 15 is 0 Å². The van der Waals surface area contributed by atoms with Crippen molar-refractivity contribution in [3.63, 3.8) is 0 Å². The van der Waals surface area contributed by atoms with Gasteiger partial charge in [0.2, 0.25) is 3.79 Å². The number of nitrogens with one attached hydrogen (secondary N) is 1. The number of hydrogen-bond acceptors (Lipinski definition) is 7. The van der Waals surface area contributed by atoms with Gasteiger partial charge in [-0.25, -0.2) is 9.78 Å². The third-order valence-corrected chi connectivity index (χ3v) is 3.00. The quantitative estimate of drug-likeness (QED) is 0.430. The lowest BCUT2D eigenvalue weighted by atomic mass is 10.3. The Morgan fingerprint density at radius 2 is 2.13 bits per heavy atom. The molecule has 0 saturated carbocycles. The smallest absolute Gasteiger partial charge is 0.413 e. The Labute approximate surface area is 150 Å². The summed E-state index contributed by atoms with van der Waals surface area (Å²) in [6.45, 7) is 3.03. The second-order valence-corrected chi connectivity index (χ2v) is 7.69. The van der Waals surface area contributed by atoms with E-state index in [1.165, 1.54) is 5.38 Å². The van der Waals surface area contributed by atoms with E-state index in [4.69, 9.17) is 45.4 Å². The SMILES string of the molecule is CC(C)O/N=C(/C(N)=O)c1csc(NC(=O)OCC(Cl)(Cl)Cl)n1. The summed E-state index contributed by atoms with van der Waals surface area (Å²) in [6, 6.07) is 0. The van der Waals surface area contributed by atoms with Gasteiger partial charge < -0.3 is 15.3 Å². The molecule has 12 heteroatoms. The molecule has 0 saturated heterocycles. The monoisotopic (exact) mass is 402 g/mol. The van der Waals surface area contributed by atoms with Gasteiger partial charge in [0.05, 0.1) is 0 Å². The average molecular weight is 404 g/mol. The number of nitrogens with zero attached hydrogens (tertiary/aromatic N) is 2. The van der Waals surface area contributed by atoms with Crippen molar-refractivity contribution in [2.45, 2.75) is 23.7 Å². The molecule has 1 rings (SSSR count). The minimum absolute atomic E-state index is 0.146. The second kappa shape index (κ2) is 8.53. The molecule has 0 aromatic carbocycles. The van der Waals surface area contributed by atoms with Crippen LogP contribution in [0.5, 0.6) is 0 Å². The highest BCUT2D eigenvalue weighted by Crippen LogP contribution is 2.26. The number of alkyl halides is 3. The summed E-state index contributed by atoms with van der Waals surface area (Å²) >= 11 is 17.4. The largest absolute Gasteiger partial charge is 0.445 e. The number of rotatable bonds is 6. The summed E-state index contributed by atoms with van der Waals surface area (Å²) in [7, 11) is 0. The van der Waals surface area contributed by atoms with Crippen LogP contribution in [0.1, 0.15) is 19.5 Å². The Hall–Kier alpha value is -1.29. The van der Waals surface area contributed by atoms with Crippen LogP contribution < -0.4 is 11.1 Å². The Balaban J connectivity index is 2.74. The molecule has 0 spiro atoms. The molecule has 0 aliphatic rings. The zero-order valence-electron chi connectivity index (χ0n) is 12.0. The summed E-state index contributed by atoms with van der Waals surface area (Å²) in [5.41, 5.74) is 5.20. The minimum Gasteiger partial charge on any atom is -0.445 e. The van der Waals surface area contributed by atoms with Crippen LogP contribution in [0, 0.1) is 0 Å². The van der Waals surface area contributed by atoms with Crippen LogP contribution in [0.15, 0.2) is 10.5 Å². The second-order valence-electron chi connectivity index (χ2n) is 4.31. The third-order valence-electron chi connectivity index (χ3n) is 1.91. The molecule has 3 N–H and O–H groups in total. The number of carbonyl (C=O) groups is 2. The summed E-state index contributed by atoms with van der Waals surface area (Å²) in [5.74, 6) is -0.818. The molecule has 128 valence electrons. The zero-order valence-corrected chi connectivity index (χ0v) is 15.1. The van der Waals surface area contributed by atoms with Crippen molar-refractivity contribution in [1.82, 2.24) is 4.98 Å². The van der Waals surface area contributed by atoms with Crippen molar-refractivity contribution in [1.29, 1.82) is 0 Å². The molecule has 0 radical (unpaired) electrons. The fourth-order valence-corrected chi connectivity index (χ4v) is 1.93. The van der Waals surface area contributed by atoms with Crippen LogP contribution >= 0.6 is 46.1 Å². The number of aromatic nitrogens is 1. The number of nitrogens with two attached hydrogens (primary N) is 1. The lowest BCUT2D eigenvalue weighted by molar-refractivity contribution is -0.112. The maximum Gasteiger partial charge on any atom is 0.413 e. The number of ether oxygens (including phenoxy) is 1. The first kappa shape index (κ1) is 19.8. The van der Waals surface area contributed by atoms with Gasteiger partial charge in [0.15, 0.2) is 10.8 Å². The molecule has 1 aromatic rings. The summed E-state index contributed by atoms with van der Waals surface area (Å²) in [4.78, 5) is 31.8. The van der Waals surface area contributed by atoms with Gasteiger partial charge in [-0.2, -0.15) is 0 Å². The zero-order chi connectivity index (χ0) is 17.6. The number of thiazole rings is 1. The highest BCUT2D eigenvalue weighted by Gasteiger charge is 2.23. The van der Waals surface area contributed by atoms with Crippen LogP contribution in [0.3, 0.4) is 0 Å². The van der Waals surface area contributed by atoms with Gasteiger partial charge in [0, 0.05) is 5.38 Å². The first-order chi connectivity index (χ1) is 10.6. The minimum atomic E-state index is -1.72. The average Bonchev–Trinajstić information content (AvgIpc) is 2.83. The lowest BCUT2D eigenvalue weighted by Gasteiger charge is -2.10. The van der Waals surface area contributed by atoms with Gasteiger partial charge in [-0.05, 0) is 13.8 Å². The number of carbonyl (C=O) groups excluding carboxylic acids is 2. The molecule has 0 atom stereocenters. The van der Waals surface area contributed by atoms with E-state index in [9.17, 15) is 9.59 Å². The van der Waals surface area contributed by atoms with Crippen LogP contribution in [0.2, 0.25) is 0 Å². The number of anilines is 1. The summed E-state index contributed by atoms with van der Waals surface area (Å²) in [5, 5.41) is 7.58. The van der Waals surface area contributed by atoms with Gasteiger partial charge >= 0.3 is 6.09 Å². The molecule has 2 amide bonds. The van der Waals surface area contributed by atoms with Crippen LogP contribution in [-0.4, -0.2) is 39.2 Å². The molecular formula is C11H13Cl3N4O4S. The molecule has 0 fully saturated rings. The Morgan fingerprint density at radius 1 is 1.48 bits per heavy atom. The molecule has 0 bridgehead atoms. The summed E-state index contributed by atoms with van der Waals surface area (Å²) < 4.78 is 2.96. The standard InChI is InChI=1S/C11H13Cl3N4O4S/c1-5(2)22-18-7(8(15)19)6-3-23-9(16-6)17-10(20)21-4-11(12,13)14/h3,5H,4H2,1-2H3,(H2,15,19)(H,16,17,20)/b18-7+. The number of primary amides is 1. The maximum absolute atomic E-state index is 11.5. The Kier molecular flexibility index (Phi) is 7.33. The van der Waals surface area contributed by atoms with E-state index in [0.717, 1.165) is 11.3 Å². The van der Waals surface area contributed by atoms with Gasteiger partial charge in [-0.15, -0.1) is 11.3 Å². The van der Waals surface area contributed by atoms with Crippen molar-refractivity contribution in [2.75, 3.05) is 11.9 Å². The lowest BCUT2D eigenvalue weighted by Crippen LogP contribution is -2.25. The fraction of sp³-hybridized carbons (Fsp3) is 0.455. The molecule has 23 heavy (non-hydrogen) atoms. The van der Waals surface area contributed by atoms with Gasteiger partial charge in [0.25, 0.3) is 5.91 Å². The van der Waals surface area contributed by atoms with Gasteiger partial charge in [0.1, 0.15) is 18.4 Å². The highest BCUT2D eigenvalue weighted by molar-refractivity contribution is 7.14. The molecule has 8 nitrogen and oxygen atoms in total. The molecule has 0 aliphatic carbocycles. The van der Waals surface area contributed by atoms with Gasteiger partial charge in [-0.3, -0.25) is 10.1 Å². The predicted octanol–water partition coefficient (Wildman–Crippen LogP) is 2.68. The number of halogens is 3. The number of hydrogen-bond donors (Lipinski definition) is 2. The summed E-state index contributed by atoms with van der Waals surface area (Å²) in [6.07, 6.45) is -1.11. The van der Waals surface area contributed by atoms with Crippen LogP contribution in [0.25, 0.3) is 0 Å². The highest BCUT2D eigenvalue weighted by atomic mass is 35.6. The molecule has 1 aromatic heterocycles. The van der Waals surface area contributed by atoms with E-state index in [0.29, 0.717) is 0 Å². The topological polar surface area (TPSA) is 116 Å². The van der Waals surface area contributed by atoms with Crippen LogP contribution in [0.4, 0.5) is 9.93 Å². The Bertz CT molecular complexity index is 600. The van der Waals surface area contributed by atoms with E-state index in [2.05, 4.69) is 20.2 Å². The normalized spacial score (nSPS) is 12.2. The fourth-order valence-electron chi connectivity index (χ4n) is 1.09. The molecular weight excluding hydrogens is 391 g/mol. The van der Waals surface area contributed by atoms with E-state index in [-0.39, 0.29) is 22.6 Å². The van der Waals surface area contributed by atoms with Crippen molar-refractivity contribution >= 4 is 69.0 Å². The van der Waals surface area contributed by atoms with Crippen molar-refractivity contribution < 1.29 is 19.2 Å². The van der Waals surface area contributed by atoms with Crippen molar-refractivity contribution in [2.24, 2.45) is 10.9 Å². The predicted molar refractivity (Wildman–Crippen MR) is 89.3 cm³/mol. The first-order valence-corrected chi connectivity index (χ1v) is 8.10. The van der Waals surface area contributed by atoms with E-state index in [1.807, 2.05) is 0 Å². The number of oxime groups is 1. The maximum atomic E-state index is 11.5.